The van der Waals surface area contributed by atoms with E-state index in [2.05, 4.69) is 17.1 Å². The molecule has 0 aromatic heterocycles. The molecule has 1 atom stereocenters. The van der Waals surface area contributed by atoms with Crippen LogP contribution in [0.5, 0.6) is 0 Å². The number of sulfone groups is 1. The van der Waals surface area contributed by atoms with Crippen molar-refractivity contribution < 1.29 is 13.5 Å². The fourth-order valence-corrected chi connectivity index (χ4v) is 4.02. The number of nitrogens with one attached hydrogen (secondary N) is 1. The van der Waals surface area contributed by atoms with E-state index in [1.54, 1.807) is 0 Å². The van der Waals surface area contributed by atoms with Gasteiger partial charge in [-0.15, -0.1) is 0 Å². The quantitative estimate of drug-likeness (QED) is 0.635. The molecule has 1 heterocycles. The summed E-state index contributed by atoms with van der Waals surface area (Å²) in [4.78, 5) is 2.24. The smallest absolute Gasteiger partial charge is 0.152 e. The summed E-state index contributed by atoms with van der Waals surface area (Å²) in [6.45, 7) is 4.62. The van der Waals surface area contributed by atoms with E-state index in [9.17, 15) is 13.5 Å². The van der Waals surface area contributed by atoms with Crippen LogP contribution >= 0.6 is 0 Å². The van der Waals surface area contributed by atoms with Crippen molar-refractivity contribution in [1.29, 1.82) is 0 Å². The number of aliphatic hydroxyl groups is 1. The van der Waals surface area contributed by atoms with Gasteiger partial charge in [-0.3, -0.25) is 0 Å². The number of hydrogen-bond acceptors (Lipinski definition) is 5. The van der Waals surface area contributed by atoms with E-state index in [1.165, 1.54) is 12.8 Å². The molecule has 1 saturated heterocycles. The minimum Gasteiger partial charge on any atom is -0.394 e. The highest BCUT2D eigenvalue weighted by Crippen LogP contribution is 2.25. The van der Waals surface area contributed by atoms with Crippen LogP contribution in [0.25, 0.3) is 0 Å². The molecule has 2 N–H and O–H groups in total. The number of hydrogen-bond donors (Lipinski definition) is 2. The van der Waals surface area contributed by atoms with Gasteiger partial charge in [-0.05, 0) is 39.2 Å². The molecule has 2 rings (SSSR count). The van der Waals surface area contributed by atoms with Crippen LogP contribution in [-0.2, 0) is 9.84 Å². The van der Waals surface area contributed by atoms with E-state index < -0.39 is 9.84 Å². The van der Waals surface area contributed by atoms with Gasteiger partial charge in [0.2, 0.25) is 0 Å². The number of aliphatic hydroxyl groups excluding tert-OH is 1. The summed E-state index contributed by atoms with van der Waals surface area (Å²) in [5.74, 6) is 0.620. The van der Waals surface area contributed by atoms with Crippen LogP contribution < -0.4 is 5.32 Å². The Morgan fingerprint density at radius 1 is 1.25 bits per heavy atom. The largest absolute Gasteiger partial charge is 0.394 e. The zero-order chi connectivity index (χ0) is 14.6. The lowest BCUT2D eigenvalue weighted by Crippen LogP contribution is -2.47. The molecular weight excluding hydrogens is 276 g/mol. The van der Waals surface area contributed by atoms with Gasteiger partial charge in [0.1, 0.15) is 0 Å². The van der Waals surface area contributed by atoms with E-state index in [-0.39, 0.29) is 12.1 Å². The summed E-state index contributed by atoms with van der Waals surface area (Å²) in [7, 11) is -2.76. The first kappa shape index (κ1) is 16.2. The second-order valence-corrected chi connectivity index (χ2v) is 8.89. The monoisotopic (exact) mass is 304 g/mol. The van der Waals surface area contributed by atoms with Gasteiger partial charge in [0.25, 0.3) is 0 Å². The molecule has 0 radical (unpaired) electrons. The molecule has 1 saturated carbocycles. The molecule has 2 fully saturated rings. The van der Waals surface area contributed by atoms with E-state index in [0.29, 0.717) is 30.6 Å². The average Bonchev–Trinajstić information content (AvgIpc) is 3.20. The normalized spacial score (nSPS) is 26.3. The Kier molecular flexibility index (Phi) is 5.45. The van der Waals surface area contributed by atoms with Gasteiger partial charge >= 0.3 is 0 Å². The standard InChI is InChI=1S/C14H28N2O3S/c1-14(12-17,15-13-4-5-13)6-2-3-7-16-8-10-20(18,19)11-9-16/h13,15,17H,2-12H2,1H3. The zero-order valence-corrected chi connectivity index (χ0v) is 13.3. The summed E-state index contributed by atoms with van der Waals surface area (Å²) in [5.41, 5.74) is -0.146. The van der Waals surface area contributed by atoms with Crippen molar-refractivity contribution in [3.8, 4) is 0 Å². The number of nitrogens with zero attached hydrogens (tertiary/aromatic N) is 1. The molecule has 118 valence electrons. The molecule has 20 heavy (non-hydrogen) atoms. The van der Waals surface area contributed by atoms with E-state index in [1.807, 2.05) is 0 Å². The van der Waals surface area contributed by atoms with E-state index in [0.717, 1.165) is 25.8 Å². The van der Waals surface area contributed by atoms with Crippen molar-refractivity contribution in [2.75, 3.05) is 37.7 Å². The van der Waals surface area contributed by atoms with Gasteiger partial charge in [-0.1, -0.05) is 6.42 Å². The van der Waals surface area contributed by atoms with Crippen LogP contribution in [0.1, 0.15) is 39.0 Å². The lowest BCUT2D eigenvalue weighted by Gasteiger charge is -2.30. The van der Waals surface area contributed by atoms with Gasteiger partial charge in [0.15, 0.2) is 9.84 Å². The van der Waals surface area contributed by atoms with Gasteiger partial charge in [-0.2, -0.15) is 0 Å². The first-order valence-electron chi connectivity index (χ1n) is 7.74. The molecule has 1 unspecified atom stereocenters. The summed E-state index contributed by atoms with van der Waals surface area (Å²) in [5, 5.41) is 13.1. The van der Waals surface area contributed by atoms with Crippen molar-refractivity contribution in [2.45, 2.75) is 50.6 Å². The minimum atomic E-state index is -2.76. The molecular formula is C14H28N2O3S. The molecule has 1 aliphatic heterocycles. The predicted molar refractivity (Wildman–Crippen MR) is 80.6 cm³/mol. The zero-order valence-electron chi connectivity index (χ0n) is 12.5. The third-order valence-electron chi connectivity index (χ3n) is 4.37. The third-order valence-corrected chi connectivity index (χ3v) is 5.98. The molecule has 5 nitrogen and oxygen atoms in total. The first-order valence-corrected chi connectivity index (χ1v) is 9.56. The molecule has 2 aliphatic rings. The van der Waals surface area contributed by atoms with Gasteiger partial charge in [0.05, 0.1) is 18.1 Å². The minimum absolute atomic E-state index is 0.146. The highest BCUT2D eigenvalue weighted by atomic mass is 32.2. The van der Waals surface area contributed by atoms with Gasteiger partial charge < -0.3 is 15.3 Å². The van der Waals surface area contributed by atoms with Crippen molar-refractivity contribution in [3.63, 3.8) is 0 Å². The van der Waals surface area contributed by atoms with Crippen molar-refractivity contribution in [3.05, 3.63) is 0 Å². The maximum atomic E-state index is 11.3. The van der Waals surface area contributed by atoms with Crippen LogP contribution in [0, 0.1) is 0 Å². The Labute approximate surface area is 122 Å². The summed E-state index contributed by atoms with van der Waals surface area (Å²) in [6.07, 6.45) is 5.59. The van der Waals surface area contributed by atoms with Crippen LogP contribution in [0.4, 0.5) is 0 Å². The Hall–Kier alpha value is -0.170. The van der Waals surface area contributed by atoms with Crippen molar-refractivity contribution >= 4 is 9.84 Å². The second-order valence-electron chi connectivity index (χ2n) is 6.59. The Morgan fingerprint density at radius 2 is 1.90 bits per heavy atom. The first-order chi connectivity index (χ1) is 9.42. The fraction of sp³-hybridized carbons (Fsp3) is 1.00. The Bertz CT molecular complexity index is 395. The van der Waals surface area contributed by atoms with E-state index in [4.69, 9.17) is 0 Å². The Balaban J connectivity index is 1.60. The molecule has 0 amide bonds. The maximum Gasteiger partial charge on any atom is 0.152 e. The van der Waals surface area contributed by atoms with Crippen molar-refractivity contribution in [2.24, 2.45) is 0 Å². The summed E-state index contributed by atoms with van der Waals surface area (Å²) in [6, 6.07) is 0.611. The second kappa shape index (κ2) is 6.73. The highest BCUT2D eigenvalue weighted by molar-refractivity contribution is 7.91. The molecule has 0 spiro atoms. The lowest BCUT2D eigenvalue weighted by atomic mass is 9.95. The molecule has 6 heteroatoms. The maximum absolute atomic E-state index is 11.3. The molecule has 1 aliphatic carbocycles. The van der Waals surface area contributed by atoms with Crippen LogP contribution in [-0.4, -0.2) is 67.8 Å². The van der Waals surface area contributed by atoms with Crippen LogP contribution in [0.15, 0.2) is 0 Å². The average molecular weight is 304 g/mol. The SMILES string of the molecule is CC(CO)(CCCCN1CCS(=O)(=O)CC1)NC1CC1. The van der Waals surface area contributed by atoms with Crippen LogP contribution in [0.2, 0.25) is 0 Å². The number of rotatable bonds is 8. The Morgan fingerprint density at radius 3 is 2.45 bits per heavy atom. The number of unbranched alkanes of at least 4 members (excludes halogenated alkanes) is 1. The van der Waals surface area contributed by atoms with Gasteiger partial charge in [-0.25, -0.2) is 8.42 Å². The van der Waals surface area contributed by atoms with Gasteiger partial charge in [0, 0.05) is 24.7 Å². The van der Waals surface area contributed by atoms with Crippen LogP contribution in [0.3, 0.4) is 0 Å². The van der Waals surface area contributed by atoms with Crippen molar-refractivity contribution in [1.82, 2.24) is 10.2 Å². The lowest BCUT2D eigenvalue weighted by molar-refractivity contribution is 0.159. The topological polar surface area (TPSA) is 69.6 Å². The molecule has 0 aromatic rings. The molecule has 0 bridgehead atoms. The summed E-state index contributed by atoms with van der Waals surface area (Å²) >= 11 is 0. The third kappa shape index (κ3) is 5.31. The van der Waals surface area contributed by atoms with E-state index >= 15 is 0 Å². The summed E-state index contributed by atoms with van der Waals surface area (Å²) < 4.78 is 22.7. The fourth-order valence-electron chi connectivity index (χ4n) is 2.74. The molecule has 0 aromatic carbocycles. The highest BCUT2D eigenvalue weighted by Gasteiger charge is 2.31. The predicted octanol–water partition coefficient (Wildman–Crippen LogP) is 0.390.